The fourth-order valence-corrected chi connectivity index (χ4v) is 2.26. The third-order valence-corrected chi connectivity index (χ3v) is 3.66. The molecule has 0 saturated carbocycles. The number of halogens is 2. The molecule has 1 aromatic rings. The number of nitrogens with zero attached hydrogens (tertiary/aromatic N) is 1. The van der Waals surface area contributed by atoms with Gasteiger partial charge >= 0.3 is 6.09 Å². The number of amides is 1. The Balaban J connectivity index is 2.03. The van der Waals surface area contributed by atoms with Gasteiger partial charge in [0.25, 0.3) is 0 Å². The van der Waals surface area contributed by atoms with E-state index in [1.165, 1.54) is 11.0 Å². The Kier molecular flexibility index (Phi) is 3.81. The number of aliphatic hydroxyl groups is 1. The monoisotopic (exact) mass is 345 g/mol. The summed E-state index contributed by atoms with van der Waals surface area (Å²) in [6.07, 6.45) is -0.472. The van der Waals surface area contributed by atoms with E-state index in [4.69, 9.17) is 4.74 Å². The lowest BCUT2D eigenvalue weighted by atomic mass is 9.86. The van der Waals surface area contributed by atoms with Crippen LogP contribution in [0.5, 0.6) is 0 Å². The Morgan fingerprint density at radius 1 is 1.45 bits per heavy atom. The van der Waals surface area contributed by atoms with Crippen LogP contribution in [0.2, 0.25) is 0 Å². The van der Waals surface area contributed by atoms with Gasteiger partial charge in [0.15, 0.2) is 0 Å². The molecule has 1 saturated heterocycles. The molecule has 1 heterocycles. The van der Waals surface area contributed by atoms with E-state index in [9.17, 15) is 14.3 Å². The second-order valence-corrected chi connectivity index (χ2v) is 6.85. The van der Waals surface area contributed by atoms with Crippen LogP contribution in [-0.4, -0.2) is 34.8 Å². The summed E-state index contributed by atoms with van der Waals surface area (Å²) in [7, 11) is 0. The average Bonchev–Trinajstić information content (AvgIpc) is 2.26. The number of rotatable bonds is 1. The van der Waals surface area contributed by atoms with E-state index in [0.717, 1.165) is 0 Å². The highest BCUT2D eigenvalue weighted by Crippen LogP contribution is 2.34. The zero-order valence-corrected chi connectivity index (χ0v) is 13.2. The van der Waals surface area contributed by atoms with Crippen molar-refractivity contribution in [3.05, 3.63) is 34.1 Å². The molecule has 1 aliphatic rings. The summed E-state index contributed by atoms with van der Waals surface area (Å²) in [5.74, 6) is -0.438. The molecule has 0 aliphatic carbocycles. The lowest BCUT2D eigenvalue weighted by Gasteiger charge is -2.46. The molecule has 4 nitrogen and oxygen atoms in total. The molecule has 0 radical (unpaired) electrons. The van der Waals surface area contributed by atoms with E-state index in [1.54, 1.807) is 32.9 Å². The van der Waals surface area contributed by atoms with E-state index in [-0.39, 0.29) is 13.1 Å². The van der Waals surface area contributed by atoms with Crippen molar-refractivity contribution in [3.63, 3.8) is 0 Å². The first-order chi connectivity index (χ1) is 9.11. The molecule has 0 aromatic heterocycles. The summed E-state index contributed by atoms with van der Waals surface area (Å²) in [4.78, 5) is 13.2. The van der Waals surface area contributed by atoms with Gasteiger partial charge in [-0.1, -0.05) is 6.07 Å². The first-order valence-corrected chi connectivity index (χ1v) is 7.06. The summed E-state index contributed by atoms with van der Waals surface area (Å²) in [5.41, 5.74) is -1.33. The van der Waals surface area contributed by atoms with Gasteiger partial charge in [-0.15, -0.1) is 0 Å². The Labute approximate surface area is 125 Å². The highest BCUT2D eigenvalue weighted by atomic mass is 79.9. The Bertz CT molecular complexity index is 536. The maximum Gasteiger partial charge on any atom is 0.410 e. The highest BCUT2D eigenvalue weighted by molar-refractivity contribution is 9.10. The summed E-state index contributed by atoms with van der Waals surface area (Å²) in [6, 6.07) is 4.45. The van der Waals surface area contributed by atoms with Crippen LogP contribution in [0.4, 0.5) is 9.18 Å². The van der Waals surface area contributed by atoms with Crippen LogP contribution >= 0.6 is 15.9 Å². The summed E-state index contributed by atoms with van der Waals surface area (Å²) in [5, 5.41) is 10.4. The Hall–Kier alpha value is -1.14. The molecule has 0 atom stereocenters. The first kappa shape index (κ1) is 15.3. The van der Waals surface area contributed by atoms with Crippen LogP contribution in [0.25, 0.3) is 0 Å². The molecule has 0 bridgehead atoms. The number of β-amino-alcohol motifs (C(OH)–C–C–N with tert-alkyl or cyclic N) is 1. The fourth-order valence-electron chi connectivity index (χ4n) is 2.01. The van der Waals surface area contributed by atoms with Crippen molar-refractivity contribution in [2.45, 2.75) is 32.0 Å². The number of hydrogen-bond donors (Lipinski definition) is 1. The predicted molar refractivity (Wildman–Crippen MR) is 75.8 cm³/mol. The van der Waals surface area contributed by atoms with Gasteiger partial charge in [-0.25, -0.2) is 9.18 Å². The minimum Gasteiger partial charge on any atom is -0.444 e. The van der Waals surface area contributed by atoms with Gasteiger partial charge in [-0.05, 0) is 54.4 Å². The van der Waals surface area contributed by atoms with E-state index < -0.39 is 23.1 Å². The lowest BCUT2D eigenvalue weighted by molar-refractivity contribution is -0.103. The number of carbonyl (C=O) groups is 1. The molecule has 1 fully saturated rings. The minimum atomic E-state index is -1.21. The molecule has 6 heteroatoms. The number of hydrogen-bond acceptors (Lipinski definition) is 3. The number of benzene rings is 1. The maximum atomic E-state index is 13.5. The lowest BCUT2D eigenvalue weighted by Crippen LogP contribution is -2.61. The van der Waals surface area contributed by atoms with Crippen molar-refractivity contribution in [1.29, 1.82) is 0 Å². The van der Waals surface area contributed by atoms with Gasteiger partial charge in [0.05, 0.1) is 17.6 Å². The molecular weight excluding hydrogens is 329 g/mol. The zero-order valence-electron chi connectivity index (χ0n) is 11.6. The van der Waals surface area contributed by atoms with Gasteiger partial charge in [-0.3, -0.25) is 0 Å². The van der Waals surface area contributed by atoms with Gasteiger partial charge in [0.1, 0.15) is 17.0 Å². The van der Waals surface area contributed by atoms with Crippen LogP contribution in [-0.2, 0) is 10.3 Å². The van der Waals surface area contributed by atoms with Crippen molar-refractivity contribution in [3.8, 4) is 0 Å². The Morgan fingerprint density at radius 2 is 2.05 bits per heavy atom. The van der Waals surface area contributed by atoms with Crippen molar-refractivity contribution in [2.24, 2.45) is 0 Å². The van der Waals surface area contributed by atoms with E-state index in [0.29, 0.717) is 10.0 Å². The molecule has 110 valence electrons. The Morgan fingerprint density at radius 3 is 2.55 bits per heavy atom. The normalized spacial score (nSPS) is 17.6. The number of likely N-dealkylation sites (tertiary alicyclic amines) is 1. The molecule has 1 aromatic carbocycles. The highest BCUT2D eigenvalue weighted by Gasteiger charge is 2.46. The summed E-state index contributed by atoms with van der Waals surface area (Å²) >= 11 is 3.06. The summed E-state index contributed by atoms with van der Waals surface area (Å²) in [6.45, 7) is 5.54. The van der Waals surface area contributed by atoms with Gasteiger partial charge in [0.2, 0.25) is 0 Å². The quantitative estimate of drug-likeness (QED) is 0.850. The van der Waals surface area contributed by atoms with Crippen LogP contribution in [0.1, 0.15) is 26.3 Å². The fraction of sp³-hybridized carbons (Fsp3) is 0.500. The van der Waals surface area contributed by atoms with Crippen LogP contribution in [0.15, 0.2) is 22.7 Å². The van der Waals surface area contributed by atoms with Crippen LogP contribution < -0.4 is 0 Å². The van der Waals surface area contributed by atoms with Crippen molar-refractivity contribution in [2.75, 3.05) is 13.1 Å². The SMILES string of the molecule is CC(C)(C)OC(=O)N1CC(O)(c2ccc(Br)c(F)c2)C1. The summed E-state index contributed by atoms with van der Waals surface area (Å²) < 4.78 is 19.0. The van der Waals surface area contributed by atoms with Crippen molar-refractivity contribution in [1.82, 2.24) is 4.90 Å². The molecule has 1 aliphatic heterocycles. The molecule has 1 N–H and O–H groups in total. The van der Waals surface area contributed by atoms with Crippen molar-refractivity contribution >= 4 is 22.0 Å². The number of carbonyl (C=O) groups excluding carboxylic acids is 1. The third-order valence-electron chi connectivity index (χ3n) is 3.01. The maximum absolute atomic E-state index is 13.5. The molecule has 0 unspecified atom stereocenters. The molecule has 1 amide bonds. The topological polar surface area (TPSA) is 49.8 Å². The van der Waals surface area contributed by atoms with Crippen LogP contribution in [0.3, 0.4) is 0 Å². The van der Waals surface area contributed by atoms with E-state index in [1.807, 2.05) is 0 Å². The molecule has 0 spiro atoms. The second-order valence-electron chi connectivity index (χ2n) is 6.00. The average molecular weight is 346 g/mol. The molecule has 2 rings (SSSR count). The molecule has 20 heavy (non-hydrogen) atoms. The minimum absolute atomic E-state index is 0.100. The third kappa shape index (κ3) is 3.12. The second kappa shape index (κ2) is 5.00. The van der Waals surface area contributed by atoms with Crippen molar-refractivity contribution < 1.29 is 19.0 Å². The van der Waals surface area contributed by atoms with Crippen LogP contribution in [0, 0.1) is 5.82 Å². The van der Waals surface area contributed by atoms with E-state index in [2.05, 4.69) is 15.9 Å². The zero-order chi connectivity index (χ0) is 15.1. The number of ether oxygens (including phenoxy) is 1. The standard InChI is InChI=1S/C14H17BrFNO3/c1-13(2,3)20-12(18)17-7-14(19,8-17)9-4-5-10(15)11(16)6-9/h4-6,19H,7-8H2,1-3H3. The first-order valence-electron chi connectivity index (χ1n) is 6.27. The largest absolute Gasteiger partial charge is 0.444 e. The van der Waals surface area contributed by atoms with Gasteiger partial charge in [0, 0.05) is 0 Å². The smallest absolute Gasteiger partial charge is 0.410 e. The van der Waals surface area contributed by atoms with Gasteiger partial charge < -0.3 is 14.7 Å². The predicted octanol–water partition coefficient (Wildman–Crippen LogP) is 3.03. The van der Waals surface area contributed by atoms with E-state index >= 15 is 0 Å². The molecular formula is C14H17BrFNO3. The van der Waals surface area contributed by atoms with Gasteiger partial charge in [-0.2, -0.15) is 0 Å².